The van der Waals surface area contributed by atoms with E-state index in [-0.39, 0.29) is 6.79 Å². The monoisotopic (exact) mass is 325 g/mol. The van der Waals surface area contributed by atoms with Gasteiger partial charge in [0, 0.05) is 27.9 Å². The summed E-state index contributed by atoms with van der Waals surface area (Å²) in [5, 5.41) is 9.73. The van der Waals surface area contributed by atoms with Gasteiger partial charge in [-0.05, 0) is 26.0 Å². The van der Waals surface area contributed by atoms with Gasteiger partial charge in [0.1, 0.15) is 12.1 Å². The summed E-state index contributed by atoms with van der Waals surface area (Å²) in [6.45, 7) is 5.04. The van der Waals surface area contributed by atoms with Gasteiger partial charge in [0.15, 0.2) is 11.9 Å². The topological polar surface area (TPSA) is 49.2 Å². The van der Waals surface area contributed by atoms with Crippen LogP contribution in [0.2, 0.25) is 5.02 Å². The van der Waals surface area contributed by atoms with Crippen LogP contribution >= 0.6 is 23.4 Å². The first-order valence-electron chi connectivity index (χ1n) is 6.69. The minimum atomic E-state index is 0.286. The van der Waals surface area contributed by atoms with Crippen LogP contribution in [0.4, 0.5) is 0 Å². The number of fused-ring (bicyclic) bond motifs is 1. The van der Waals surface area contributed by atoms with Gasteiger partial charge in [-0.3, -0.25) is 0 Å². The minimum Gasteiger partial charge on any atom is -0.467 e. The maximum atomic E-state index is 6.17. The maximum absolute atomic E-state index is 6.17. The summed E-state index contributed by atoms with van der Waals surface area (Å²) in [6, 6.07) is 4.16. The van der Waals surface area contributed by atoms with E-state index in [4.69, 9.17) is 21.1 Å². The number of nitrogens with zero attached hydrogens (tertiary/aromatic N) is 3. The maximum Gasteiger partial charge on any atom is 0.191 e. The van der Waals surface area contributed by atoms with E-state index >= 15 is 0 Å². The molecule has 0 saturated carbocycles. The Bertz CT molecular complexity index is 645. The van der Waals surface area contributed by atoms with Gasteiger partial charge in [-0.25, -0.2) is 0 Å². The van der Waals surface area contributed by atoms with Crippen LogP contribution in [0.5, 0.6) is 5.75 Å². The molecular formula is C14H16ClN3O2S. The van der Waals surface area contributed by atoms with Gasteiger partial charge < -0.3 is 14.0 Å². The molecule has 2 heterocycles. The second-order valence-corrected chi connectivity index (χ2v) is 6.45. The van der Waals surface area contributed by atoms with Crippen molar-refractivity contribution < 1.29 is 9.47 Å². The number of rotatable bonds is 4. The lowest BCUT2D eigenvalue weighted by Gasteiger charge is -2.21. The number of halogens is 1. The molecule has 0 radical (unpaired) electrons. The second kappa shape index (κ2) is 6.25. The molecule has 1 aliphatic rings. The van der Waals surface area contributed by atoms with E-state index in [0.29, 0.717) is 17.7 Å². The molecule has 7 heteroatoms. The summed E-state index contributed by atoms with van der Waals surface area (Å²) >= 11 is 7.80. The zero-order valence-electron chi connectivity index (χ0n) is 11.9. The fraction of sp³-hybridized carbons (Fsp3) is 0.429. The highest BCUT2D eigenvalue weighted by molar-refractivity contribution is 7.98. The molecule has 1 aliphatic heterocycles. The van der Waals surface area contributed by atoms with Crippen LogP contribution in [-0.4, -0.2) is 21.6 Å². The van der Waals surface area contributed by atoms with Crippen molar-refractivity contribution in [2.24, 2.45) is 0 Å². The van der Waals surface area contributed by atoms with E-state index in [1.54, 1.807) is 18.1 Å². The molecule has 0 saturated heterocycles. The third kappa shape index (κ3) is 3.17. The van der Waals surface area contributed by atoms with Gasteiger partial charge in [-0.2, -0.15) is 0 Å². The van der Waals surface area contributed by atoms with E-state index < -0.39 is 0 Å². The number of hydrogen-bond acceptors (Lipinski definition) is 5. The van der Waals surface area contributed by atoms with Gasteiger partial charge >= 0.3 is 0 Å². The standard InChI is InChI=1S/C14H16ClN3O2S/c1-9(2)18-7-16-17-14(18)21-6-11-4-12(15)3-10-5-19-8-20-13(10)11/h3-4,7,9H,5-6,8H2,1-2H3. The predicted molar refractivity (Wildman–Crippen MR) is 81.7 cm³/mol. The average Bonchev–Trinajstić information content (AvgIpc) is 2.93. The van der Waals surface area contributed by atoms with Crippen LogP contribution in [0, 0.1) is 0 Å². The summed E-state index contributed by atoms with van der Waals surface area (Å²) in [5.74, 6) is 1.61. The molecule has 0 spiro atoms. The SMILES string of the molecule is CC(C)n1cnnc1SCc1cc(Cl)cc2c1OCOC2. The highest BCUT2D eigenvalue weighted by Crippen LogP contribution is 2.35. The Labute approximate surface area is 132 Å². The predicted octanol–water partition coefficient (Wildman–Crippen LogP) is 3.67. The van der Waals surface area contributed by atoms with Crippen LogP contribution in [-0.2, 0) is 17.1 Å². The summed E-state index contributed by atoms with van der Waals surface area (Å²) in [4.78, 5) is 0. The smallest absolute Gasteiger partial charge is 0.191 e. The van der Waals surface area contributed by atoms with E-state index in [1.807, 2.05) is 16.7 Å². The van der Waals surface area contributed by atoms with Crippen molar-refractivity contribution in [2.45, 2.75) is 37.4 Å². The largest absolute Gasteiger partial charge is 0.467 e. The molecule has 0 atom stereocenters. The lowest BCUT2D eigenvalue weighted by molar-refractivity contribution is -0.0168. The second-order valence-electron chi connectivity index (χ2n) is 5.07. The Hall–Kier alpha value is -1.24. The first-order valence-corrected chi connectivity index (χ1v) is 8.05. The van der Waals surface area contributed by atoms with Gasteiger partial charge in [-0.15, -0.1) is 10.2 Å². The molecule has 5 nitrogen and oxygen atoms in total. The molecule has 2 aromatic rings. The van der Waals surface area contributed by atoms with Gasteiger partial charge in [0.05, 0.1) is 6.61 Å². The first kappa shape index (κ1) is 14.7. The third-order valence-electron chi connectivity index (χ3n) is 3.21. The third-order valence-corrected chi connectivity index (χ3v) is 4.43. The molecule has 0 unspecified atom stereocenters. The van der Waals surface area contributed by atoms with Crippen LogP contribution in [0.1, 0.15) is 31.0 Å². The summed E-state index contributed by atoms with van der Waals surface area (Å²) in [7, 11) is 0. The van der Waals surface area contributed by atoms with E-state index in [0.717, 1.165) is 27.8 Å². The highest BCUT2D eigenvalue weighted by Gasteiger charge is 2.17. The molecule has 0 fully saturated rings. The molecule has 0 N–H and O–H groups in total. The lowest BCUT2D eigenvalue weighted by atomic mass is 10.1. The summed E-state index contributed by atoms with van der Waals surface area (Å²) in [5.41, 5.74) is 2.05. The van der Waals surface area contributed by atoms with Crippen molar-refractivity contribution in [3.63, 3.8) is 0 Å². The van der Waals surface area contributed by atoms with E-state index in [9.17, 15) is 0 Å². The first-order chi connectivity index (χ1) is 10.1. The van der Waals surface area contributed by atoms with Crippen molar-refractivity contribution >= 4 is 23.4 Å². The van der Waals surface area contributed by atoms with Crippen molar-refractivity contribution in [2.75, 3.05) is 6.79 Å². The number of benzene rings is 1. The van der Waals surface area contributed by atoms with E-state index in [1.165, 1.54) is 0 Å². The van der Waals surface area contributed by atoms with Crippen molar-refractivity contribution in [3.8, 4) is 5.75 Å². The quantitative estimate of drug-likeness (QED) is 0.803. The molecule has 1 aromatic heterocycles. The van der Waals surface area contributed by atoms with Crippen LogP contribution in [0.15, 0.2) is 23.6 Å². The van der Waals surface area contributed by atoms with Gasteiger partial charge in [-0.1, -0.05) is 23.4 Å². The molecule has 1 aromatic carbocycles. The van der Waals surface area contributed by atoms with Crippen molar-refractivity contribution in [1.29, 1.82) is 0 Å². The Morgan fingerprint density at radius 3 is 3.10 bits per heavy atom. The number of aromatic nitrogens is 3. The van der Waals surface area contributed by atoms with Crippen LogP contribution < -0.4 is 4.74 Å². The van der Waals surface area contributed by atoms with Crippen molar-refractivity contribution in [1.82, 2.24) is 14.8 Å². The number of ether oxygens (including phenoxy) is 2. The molecule has 0 amide bonds. The molecular weight excluding hydrogens is 310 g/mol. The normalized spacial score (nSPS) is 14.1. The number of hydrogen-bond donors (Lipinski definition) is 0. The summed E-state index contributed by atoms with van der Waals surface area (Å²) in [6.07, 6.45) is 1.75. The Morgan fingerprint density at radius 1 is 1.43 bits per heavy atom. The van der Waals surface area contributed by atoms with Crippen LogP contribution in [0.3, 0.4) is 0 Å². The molecule has 0 aliphatic carbocycles. The van der Waals surface area contributed by atoms with Gasteiger partial charge in [0.25, 0.3) is 0 Å². The summed E-state index contributed by atoms with van der Waals surface area (Å²) < 4.78 is 13.0. The zero-order valence-corrected chi connectivity index (χ0v) is 13.4. The van der Waals surface area contributed by atoms with Crippen LogP contribution in [0.25, 0.3) is 0 Å². The number of thioether (sulfide) groups is 1. The van der Waals surface area contributed by atoms with Gasteiger partial charge in [0.2, 0.25) is 0 Å². The fourth-order valence-corrected chi connectivity index (χ4v) is 3.47. The minimum absolute atomic E-state index is 0.286. The Morgan fingerprint density at radius 2 is 2.29 bits per heavy atom. The molecule has 112 valence electrons. The average molecular weight is 326 g/mol. The zero-order chi connectivity index (χ0) is 14.8. The fourth-order valence-electron chi connectivity index (χ4n) is 2.20. The van der Waals surface area contributed by atoms with E-state index in [2.05, 4.69) is 24.0 Å². The highest BCUT2D eigenvalue weighted by atomic mass is 35.5. The molecule has 3 rings (SSSR count). The Kier molecular flexibility index (Phi) is 4.37. The molecule has 0 bridgehead atoms. The Balaban J connectivity index is 1.82. The van der Waals surface area contributed by atoms with Crippen molar-refractivity contribution in [3.05, 3.63) is 34.6 Å². The lowest BCUT2D eigenvalue weighted by Crippen LogP contribution is -2.13. The molecule has 21 heavy (non-hydrogen) atoms.